The molecule has 0 saturated carbocycles. The quantitative estimate of drug-likeness (QED) is 0.0883. The summed E-state index contributed by atoms with van der Waals surface area (Å²) in [5.41, 5.74) is 11.9. The molecule has 4 N–H and O–H groups in total. The summed E-state index contributed by atoms with van der Waals surface area (Å²) >= 11 is 3.16. The summed E-state index contributed by atoms with van der Waals surface area (Å²) < 4.78 is 5.96. The molecular formula is C40H55N7O4S2. The van der Waals surface area contributed by atoms with E-state index in [9.17, 15) is 14.7 Å². The van der Waals surface area contributed by atoms with E-state index in [1.165, 1.54) is 5.56 Å². The van der Waals surface area contributed by atoms with Gasteiger partial charge in [-0.05, 0) is 43.2 Å². The first-order valence-corrected chi connectivity index (χ1v) is 20.4. The van der Waals surface area contributed by atoms with Crippen molar-refractivity contribution in [3.8, 4) is 0 Å². The van der Waals surface area contributed by atoms with Crippen molar-refractivity contribution >= 4 is 34.8 Å². The summed E-state index contributed by atoms with van der Waals surface area (Å²) in [5, 5.41) is 17.1. The van der Waals surface area contributed by atoms with Crippen LogP contribution >= 0.6 is 22.7 Å². The van der Waals surface area contributed by atoms with E-state index >= 15 is 0 Å². The molecule has 286 valence electrons. The highest BCUT2D eigenvalue weighted by molar-refractivity contribution is 7.09. The fourth-order valence-electron chi connectivity index (χ4n) is 6.91. The first kappa shape index (κ1) is 40.3. The Balaban J connectivity index is 1.29. The molecule has 2 aromatic carbocycles. The van der Waals surface area contributed by atoms with Crippen molar-refractivity contribution in [1.82, 2.24) is 30.0 Å². The molecule has 1 fully saturated rings. The van der Waals surface area contributed by atoms with Crippen molar-refractivity contribution in [1.29, 1.82) is 0 Å². The molecule has 2 unspecified atom stereocenters. The highest BCUT2D eigenvalue weighted by Gasteiger charge is 2.37. The maximum Gasteiger partial charge on any atom is 0.408 e. The fourth-order valence-corrected chi connectivity index (χ4v) is 8.40. The highest BCUT2D eigenvalue weighted by atomic mass is 32.1. The molecule has 53 heavy (non-hydrogen) atoms. The van der Waals surface area contributed by atoms with Gasteiger partial charge in [-0.25, -0.2) is 14.6 Å². The number of carbonyl (C=O) groups is 2. The number of morpholine rings is 1. The molecular weight excluding hydrogens is 707 g/mol. The van der Waals surface area contributed by atoms with Crippen molar-refractivity contribution in [2.45, 2.75) is 95.5 Å². The van der Waals surface area contributed by atoms with Gasteiger partial charge in [0.15, 0.2) is 0 Å². The summed E-state index contributed by atoms with van der Waals surface area (Å²) in [6.07, 6.45) is 5.69. The lowest BCUT2D eigenvalue weighted by molar-refractivity contribution is -0.0809. The van der Waals surface area contributed by atoms with Gasteiger partial charge in [0.25, 0.3) is 0 Å². The molecule has 4 aromatic rings. The maximum atomic E-state index is 13.6. The van der Waals surface area contributed by atoms with Crippen LogP contribution in [0.4, 0.5) is 9.59 Å². The Morgan fingerprint density at radius 2 is 1.77 bits per heavy atom. The molecule has 0 bridgehead atoms. The van der Waals surface area contributed by atoms with E-state index in [0.717, 1.165) is 46.8 Å². The zero-order valence-electron chi connectivity index (χ0n) is 31.2. The Hall–Kier alpha value is -3.88. The average molecular weight is 762 g/mol. The van der Waals surface area contributed by atoms with Gasteiger partial charge < -0.3 is 25.8 Å². The minimum absolute atomic E-state index is 0.224. The molecule has 5 rings (SSSR count). The Morgan fingerprint density at radius 1 is 1.04 bits per heavy atom. The molecule has 0 aliphatic carbocycles. The molecule has 11 nitrogen and oxygen atoms in total. The van der Waals surface area contributed by atoms with Gasteiger partial charge >= 0.3 is 12.1 Å². The number of rotatable bonds is 19. The maximum absolute atomic E-state index is 13.6. The van der Waals surface area contributed by atoms with Crippen LogP contribution in [0.15, 0.2) is 77.8 Å². The fraction of sp³-hybridized carbons (Fsp3) is 0.500. The number of hydrogen-bond acceptors (Lipinski definition) is 9. The number of ether oxygens (including phenoxy) is 1. The first-order valence-electron chi connectivity index (χ1n) is 18.7. The summed E-state index contributed by atoms with van der Waals surface area (Å²) in [7, 11) is 1.77. The Morgan fingerprint density at radius 3 is 2.43 bits per heavy atom. The lowest BCUT2D eigenvalue weighted by Gasteiger charge is -2.45. The van der Waals surface area contributed by atoms with Crippen molar-refractivity contribution in [3.63, 3.8) is 0 Å². The first-order chi connectivity index (χ1) is 25.7. The van der Waals surface area contributed by atoms with Crippen LogP contribution < -0.4 is 11.1 Å². The van der Waals surface area contributed by atoms with Crippen molar-refractivity contribution in [2.24, 2.45) is 5.73 Å². The molecule has 1 aliphatic heterocycles. The molecule has 4 atom stereocenters. The minimum Gasteiger partial charge on any atom is -0.465 e. The summed E-state index contributed by atoms with van der Waals surface area (Å²) in [5.74, 6) is 0.330. The molecule has 1 saturated heterocycles. The van der Waals surface area contributed by atoms with Gasteiger partial charge in [-0.15, -0.1) is 22.7 Å². The number of aromatic nitrogens is 2. The third-order valence-electron chi connectivity index (χ3n) is 9.84. The second kappa shape index (κ2) is 20.5. The van der Waals surface area contributed by atoms with Crippen LogP contribution in [0.1, 0.15) is 72.2 Å². The van der Waals surface area contributed by atoms with Crippen LogP contribution in [0.2, 0.25) is 0 Å². The van der Waals surface area contributed by atoms with Gasteiger partial charge in [0.1, 0.15) is 6.17 Å². The number of carboxylic acid groups (broad SMARTS) is 1. The number of nitrogens with one attached hydrogen (secondary N) is 1. The van der Waals surface area contributed by atoms with Gasteiger partial charge in [0.2, 0.25) is 0 Å². The number of unbranched alkanes of at least 4 members (excludes halogenated alkanes) is 1. The number of urea groups is 1. The summed E-state index contributed by atoms with van der Waals surface area (Å²) in [6.45, 7) is 6.51. The predicted octanol–water partition coefficient (Wildman–Crippen LogP) is 6.86. The lowest BCUT2D eigenvalue weighted by Crippen LogP contribution is -2.61. The molecule has 0 radical (unpaired) electrons. The van der Waals surface area contributed by atoms with Gasteiger partial charge in [0.05, 0.1) is 36.0 Å². The van der Waals surface area contributed by atoms with Crippen molar-refractivity contribution < 1.29 is 19.4 Å². The van der Waals surface area contributed by atoms with Crippen molar-refractivity contribution in [2.75, 3.05) is 33.4 Å². The van der Waals surface area contributed by atoms with E-state index in [1.54, 1.807) is 45.0 Å². The van der Waals surface area contributed by atoms with E-state index in [4.69, 9.17) is 15.5 Å². The van der Waals surface area contributed by atoms with Crippen molar-refractivity contribution in [3.05, 3.63) is 104 Å². The van der Waals surface area contributed by atoms with Gasteiger partial charge in [-0.1, -0.05) is 80.9 Å². The van der Waals surface area contributed by atoms with Crippen LogP contribution in [0, 0.1) is 0 Å². The number of thiazole rings is 2. The van der Waals surface area contributed by atoms with Gasteiger partial charge in [0, 0.05) is 67.1 Å². The number of nitrogens with two attached hydrogens (primary N) is 1. The van der Waals surface area contributed by atoms with E-state index < -0.39 is 12.3 Å². The molecule has 3 heterocycles. The highest BCUT2D eigenvalue weighted by Crippen LogP contribution is 2.24. The average Bonchev–Trinajstić information content (AvgIpc) is 3.85. The zero-order valence-corrected chi connectivity index (χ0v) is 32.8. The van der Waals surface area contributed by atoms with Crippen LogP contribution in [0.3, 0.4) is 0 Å². The van der Waals surface area contributed by atoms with Gasteiger partial charge in [-0.2, -0.15) is 0 Å². The second-order valence-corrected chi connectivity index (χ2v) is 16.1. The van der Waals surface area contributed by atoms with E-state index in [1.807, 2.05) is 35.8 Å². The Kier molecular flexibility index (Phi) is 15.6. The van der Waals surface area contributed by atoms with Gasteiger partial charge in [-0.3, -0.25) is 14.8 Å². The standard InChI is InChI=1S/C40H55N7O4S2/c1-29(2)38-43-32(27-52-38)25-45(3)39(48)44-36(35(41)23-34-24-42-28-53-34)18-19-46-20-21-51-26-37(46)47(40(49)50)33(22-31-15-8-5-9-16-31)17-11-10-14-30-12-6-4-7-13-30/h4-9,12-13,15-16,24,27-29,33,35-37H,10-11,14,17-23,25-26,41H2,1-3H3,(H,44,48)(H,49,50)/t33?,35?,36-,37+/m0/s1. The number of aryl methyl sites for hydroxylation is 1. The second-order valence-electron chi connectivity index (χ2n) is 14.2. The number of carbonyl (C=O) groups excluding carboxylic acids is 1. The summed E-state index contributed by atoms with van der Waals surface area (Å²) in [4.78, 5) is 42.3. The van der Waals surface area contributed by atoms with E-state index in [0.29, 0.717) is 51.4 Å². The Bertz CT molecular complexity index is 1660. The third kappa shape index (κ3) is 12.3. The van der Waals surface area contributed by atoms with Crippen LogP contribution in [-0.2, 0) is 30.5 Å². The lowest BCUT2D eigenvalue weighted by atomic mass is 9.97. The van der Waals surface area contributed by atoms with Crippen LogP contribution in [0.5, 0.6) is 0 Å². The smallest absolute Gasteiger partial charge is 0.408 e. The Labute approximate surface area is 322 Å². The molecule has 2 aromatic heterocycles. The SMILES string of the molecule is CC(C)c1nc(CN(C)C(=O)N[C@@H](CCN2CCOC[C@H]2N(C(=O)O)C(CCCCc2ccccc2)Cc2ccccc2)C(N)Cc2cncs2)cs1. The number of benzene rings is 2. The van der Waals surface area contributed by atoms with Crippen LogP contribution in [-0.4, -0.2) is 99.5 Å². The minimum atomic E-state index is -0.953. The van der Waals surface area contributed by atoms with Crippen LogP contribution in [0.25, 0.3) is 0 Å². The number of hydrogen-bond donors (Lipinski definition) is 3. The molecule has 1 aliphatic rings. The van der Waals surface area contributed by atoms with E-state index in [-0.39, 0.29) is 30.8 Å². The number of amides is 3. The monoisotopic (exact) mass is 761 g/mol. The normalized spacial score (nSPS) is 16.6. The van der Waals surface area contributed by atoms with E-state index in [2.05, 4.69) is 65.4 Å². The number of nitrogens with zero attached hydrogens (tertiary/aromatic N) is 5. The largest absolute Gasteiger partial charge is 0.465 e. The molecule has 13 heteroatoms. The predicted molar refractivity (Wildman–Crippen MR) is 212 cm³/mol. The molecule has 3 amide bonds. The zero-order chi connectivity index (χ0) is 37.6. The summed E-state index contributed by atoms with van der Waals surface area (Å²) in [6, 6.07) is 19.4. The third-order valence-corrected chi connectivity index (χ3v) is 11.8. The molecule has 0 spiro atoms. The topological polar surface area (TPSA) is 137 Å².